The van der Waals surface area contributed by atoms with Gasteiger partial charge in [0.1, 0.15) is 9.75 Å². The van der Waals surface area contributed by atoms with E-state index in [4.69, 9.17) is 23.2 Å². The summed E-state index contributed by atoms with van der Waals surface area (Å²) in [4.78, 5) is 15.6. The summed E-state index contributed by atoms with van der Waals surface area (Å²) in [5.41, 5.74) is 1.47. The number of rotatable bonds is 5. The van der Waals surface area contributed by atoms with E-state index in [2.05, 4.69) is 10.2 Å². The van der Waals surface area contributed by atoms with Gasteiger partial charge in [-0.15, -0.1) is 11.3 Å². The topological polar surface area (TPSA) is 69.7 Å². The van der Waals surface area contributed by atoms with Crippen molar-refractivity contribution in [3.63, 3.8) is 0 Å². The lowest BCUT2D eigenvalue weighted by Crippen LogP contribution is -2.59. The van der Waals surface area contributed by atoms with Gasteiger partial charge in [-0.25, -0.2) is 8.42 Å². The maximum atomic E-state index is 13.6. The molecule has 0 aliphatic carbocycles. The van der Waals surface area contributed by atoms with E-state index < -0.39 is 15.6 Å². The van der Waals surface area contributed by atoms with Crippen LogP contribution in [0.4, 0.5) is 5.69 Å². The molecule has 1 fully saturated rings. The van der Waals surface area contributed by atoms with Crippen molar-refractivity contribution in [2.24, 2.45) is 0 Å². The first-order valence-corrected chi connectivity index (χ1v) is 13.5. The number of piperazine rings is 1. The van der Waals surface area contributed by atoms with Gasteiger partial charge in [0.25, 0.3) is 10.0 Å². The summed E-state index contributed by atoms with van der Waals surface area (Å²) >= 11 is 13.6. The number of hydrogen-bond acceptors (Lipinski definition) is 5. The van der Waals surface area contributed by atoms with Gasteiger partial charge in [0.15, 0.2) is 0 Å². The molecule has 0 radical (unpaired) electrons. The van der Waals surface area contributed by atoms with Gasteiger partial charge in [0.05, 0.1) is 0 Å². The molecule has 2 aliphatic rings. The highest BCUT2D eigenvalue weighted by Crippen LogP contribution is 2.44. The predicted octanol–water partition coefficient (Wildman–Crippen LogP) is 4.45. The molecule has 2 aliphatic heterocycles. The molecule has 0 bridgehead atoms. The molecule has 0 spiro atoms. The molecule has 5 rings (SSSR count). The molecule has 6 nitrogen and oxygen atoms in total. The van der Waals surface area contributed by atoms with Gasteiger partial charge in [0, 0.05) is 53.9 Å². The van der Waals surface area contributed by atoms with Crippen molar-refractivity contribution in [1.82, 2.24) is 9.21 Å². The fourth-order valence-corrected chi connectivity index (χ4v) is 7.67. The average molecular weight is 522 g/mol. The van der Waals surface area contributed by atoms with Crippen LogP contribution in [0.3, 0.4) is 0 Å². The van der Waals surface area contributed by atoms with Crippen LogP contribution >= 0.6 is 34.5 Å². The highest BCUT2D eigenvalue weighted by molar-refractivity contribution is 7.91. The van der Waals surface area contributed by atoms with E-state index in [1.165, 1.54) is 15.6 Å². The zero-order valence-corrected chi connectivity index (χ0v) is 20.6. The lowest BCUT2D eigenvalue weighted by atomic mass is 9.82. The molecule has 2 aromatic carbocycles. The molecule has 33 heavy (non-hydrogen) atoms. The Bertz CT molecular complexity index is 1310. The predicted molar refractivity (Wildman–Crippen MR) is 132 cm³/mol. The fraction of sp³-hybridized carbons (Fsp3) is 0.261. The molecule has 0 saturated carbocycles. The molecule has 1 saturated heterocycles. The molecule has 1 N–H and O–H groups in total. The summed E-state index contributed by atoms with van der Waals surface area (Å²) in [5.74, 6) is -0.144. The van der Waals surface area contributed by atoms with Crippen molar-refractivity contribution in [1.29, 1.82) is 0 Å². The third-order valence-corrected chi connectivity index (χ3v) is 10.0. The third kappa shape index (κ3) is 3.99. The number of fused-ring (bicyclic) bond motifs is 1. The standard InChI is InChI=1S/C23H21Cl2N3O3S2/c24-17-4-1-3-16(13-17)15-23(19-7-6-18(25)14-20(19)26-22(23)29)27-8-10-28(11-9-27)33(30,31)21-5-2-12-32-21/h1-7,12-14H,8-11,15H2,(H,26,29). The molecule has 1 atom stereocenters. The van der Waals surface area contributed by atoms with E-state index in [0.29, 0.717) is 52.5 Å². The minimum atomic E-state index is -3.54. The maximum absolute atomic E-state index is 13.6. The zero-order chi connectivity index (χ0) is 23.2. The molecule has 10 heteroatoms. The summed E-state index contributed by atoms with van der Waals surface area (Å²) in [7, 11) is -3.54. The van der Waals surface area contributed by atoms with Gasteiger partial charge in [0.2, 0.25) is 5.91 Å². The van der Waals surface area contributed by atoms with Gasteiger partial charge in [-0.1, -0.05) is 47.5 Å². The number of hydrogen-bond donors (Lipinski definition) is 1. The van der Waals surface area contributed by atoms with E-state index in [1.807, 2.05) is 24.3 Å². The number of sulfonamides is 1. The van der Waals surface area contributed by atoms with Crippen LogP contribution in [0.1, 0.15) is 11.1 Å². The van der Waals surface area contributed by atoms with Gasteiger partial charge >= 0.3 is 0 Å². The monoisotopic (exact) mass is 521 g/mol. The van der Waals surface area contributed by atoms with E-state index in [0.717, 1.165) is 11.1 Å². The van der Waals surface area contributed by atoms with Crippen LogP contribution in [0.15, 0.2) is 64.2 Å². The van der Waals surface area contributed by atoms with Gasteiger partial charge in [-0.3, -0.25) is 9.69 Å². The van der Waals surface area contributed by atoms with Crippen LogP contribution < -0.4 is 5.32 Å². The number of thiophene rings is 1. The molecule has 172 valence electrons. The van der Waals surface area contributed by atoms with E-state index in [1.54, 1.807) is 35.7 Å². The normalized spacial score (nSPS) is 21.7. The van der Waals surface area contributed by atoms with Crippen molar-refractivity contribution in [2.45, 2.75) is 16.2 Å². The maximum Gasteiger partial charge on any atom is 0.252 e. The molecule has 1 aromatic heterocycles. The first-order valence-electron chi connectivity index (χ1n) is 10.5. The van der Waals surface area contributed by atoms with Crippen molar-refractivity contribution in [3.05, 3.63) is 81.1 Å². The number of amides is 1. The lowest BCUT2D eigenvalue weighted by Gasteiger charge is -2.44. The Labute approximate surface area is 206 Å². The summed E-state index contributed by atoms with van der Waals surface area (Å²) < 4.78 is 27.8. The number of nitrogens with one attached hydrogen (secondary N) is 1. The van der Waals surface area contributed by atoms with Gasteiger partial charge in [-0.05, 0) is 41.3 Å². The van der Waals surface area contributed by atoms with Crippen molar-refractivity contribution in [3.8, 4) is 0 Å². The second-order valence-electron chi connectivity index (χ2n) is 8.13. The molecule has 3 heterocycles. The number of nitrogens with zero attached hydrogens (tertiary/aromatic N) is 2. The largest absolute Gasteiger partial charge is 0.324 e. The summed E-state index contributed by atoms with van der Waals surface area (Å²) in [6, 6.07) is 16.3. The van der Waals surface area contributed by atoms with Gasteiger partial charge < -0.3 is 5.32 Å². The summed E-state index contributed by atoms with van der Waals surface area (Å²) in [6.45, 7) is 1.43. The number of anilines is 1. The van der Waals surface area contributed by atoms with Crippen LogP contribution in [-0.4, -0.2) is 49.7 Å². The highest BCUT2D eigenvalue weighted by Gasteiger charge is 2.52. The van der Waals surface area contributed by atoms with E-state index in [-0.39, 0.29) is 5.91 Å². The lowest BCUT2D eigenvalue weighted by molar-refractivity contribution is -0.129. The molecular weight excluding hydrogens is 501 g/mol. The molecule has 1 amide bonds. The SMILES string of the molecule is O=C1Nc2cc(Cl)ccc2C1(Cc1cccc(Cl)c1)N1CCN(S(=O)(=O)c2cccs2)CC1. The smallest absolute Gasteiger partial charge is 0.252 e. The first-order chi connectivity index (χ1) is 15.8. The quantitative estimate of drug-likeness (QED) is 0.538. The third-order valence-electron chi connectivity index (χ3n) is 6.27. The zero-order valence-electron chi connectivity index (χ0n) is 17.5. The van der Waals surface area contributed by atoms with E-state index in [9.17, 15) is 13.2 Å². The van der Waals surface area contributed by atoms with E-state index >= 15 is 0 Å². The second kappa shape index (κ2) is 8.69. The number of carbonyl (C=O) groups excluding carboxylic acids is 1. The number of carbonyl (C=O) groups is 1. The Balaban J connectivity index is 1.50. The van der Waals surface area contributed by atoms with Crippen LogP contribution in [0.25, 0.3) is 0 Å². The Morgan fingerprint density at radius 3 is 2.42 bits per heavy atom. The van der Waals surface area contributed by atoms with Crippen LogP contribution in [0, 0.1) is 0 Å². The number of halogens is 2. The Kier molecular flexibility index (Phi) is 6.01. The van der Waals surface area contributed by atoms with Crippen LogP contribution in [0.2, 0.25) is 10.0 Å². The van der Waals surface area contributed by atoms with Crippen molar-refractivity contribution >= 4 is 56.2 Å². The molecular formula is C23H21Cl2N3O3S2. The molecule has 3 aromatic rings. The Hall–Kier alpha value is -1.94. The van der Waals surface area contributed by atoms with Crippen molar-refractivity contribution < 1.29 is 13.2 Å². The first kappa shape index (κ1) is 22.8. The van der Waals surface area contributed by atoms with Crippen LogP contribution in [-0.2, 0) is 26.8 Å². The Morgan fingerprint density at radius 1 is 0.970 bits per heavy atom. The minimum absolute atomic E-state index is 0.144. The Morgan fingerprint density at radius 2 is 1.73 bits per heavy atom. The summed E-state index contributed by atoms with van der Waals surface area (Å²) in [5, 5.41) is 5.90. The number of benzene rings is 2. The fourth-order valence-electron chi connectivity index (χ4n) is 4.72. The van der Waals surface area contributed by atoms with Crippen molar-refractivity contribution in [2.75, 3.05) is 31.5 Å². The van der Waals surface area contributed by atoms with Crippen LogP contribution in [0.5, 0.6) is 0 Å². The van der Waals surface area contributed by atoms with Gasteiger partial charge in [-0.2, -0.15) is 4.31 Å². The molecule has 1 unspecified atom stereocenters. The minimum Gasteiger partial charge on any atom is -0.324 e. The average Bonchev–Trinajstić information content (AvgIpc) is 3.42. The summed E-state index contributed by atoms with van der Waals surface area (Å²) in [6.07, 6.45) is 0.408. The second-order valence-corrected chi connectivity index (χ2v) is 12.1. The highest BCUT2D eigenvalue weighted by atomic mass is 35.5.